The molecule has 3 fully saturated rings. The number of benzene rings is 2. The van der Waals surface area contributed by atoms with Crippen molar-refractivity contribution in [3.05, 3.63) is 71.0 Å². The first-order valence-electron chi connectivity index (χ1n) is 18.6. The summed E-state index contributed by atoms with van der Waals surface area (Å²) >= 11 is 0. The highest BCUT2D eigenvalue weighted by molar-refractivity contribution is 5.94. The van der Waals surface area contributed by atoms with Crippen LogP contribution in [0.4, 0.5) is 16.3 Å². The Kier molecular flexibility index (Phi) is 9.84. The summed E-state index contributed by atoms with van der Waals surface area (Å²) in [5.41, 5.74) is 6.25. The molecular weight excluding hydrogens is 658 g/mol. The van der Waals surface area contributed by atoms with Gasteiger partial charge in [0.15, 0.2) is 6.23 Å². The first-order valence-corrected chi connectivity index (χ1v) is 18.6. The van der Waals surface area contributed by atoms with E-state index in [4.69, 9.17) is 29.3 Å². The summed E-state index contributed by atoms with van der Waals surface area (Å²) in [6, 6.07) is 16.6. The van der Waals surface area contributed by atoms with Crippen LogP contribution in [0.5, 0.6) is 6.01 Å². The van der Waals surface area contributed by atoms with Gasteiger partial charge in [-0.15, -0.1) is 0 Å². The maximum absolute atomic E-state index is 13.3. The van der Waals surface area contributed by atoms with E-state index in [9.17, 15) is 10.1 Å². The molecule has 0 bridgehead atoms. The van der Waals surface area contributed by atoms with Crippen LogP contribution in [-0.4, -0.2) is 94.2 Å². The number of rotatable bonds is 9. The van der Waals surface area contributed by atoms with Gasteiger partial charge in [-0.3, -0.25) is 0 Å². The van der Waals surface area contributed by atoms with Crippen LogP contribution in [-0.2, 0) is 29.2 Å². The molecule has 52 heavy (non-hydrogen) atoms. The number of carbonyl (C=O) groups excluding carboxylic acids is 1. The van der Waals surface area contributed by atoms with E-state index in [0.717, 1.165) is 90.0 Å². The van der Waals surface area contributed by atoms with Gasteiger partial charge in [0.25, 0.3) is 0 Å². The molecule has 13 heteroatoms. The van der Waals surface area contributed by atoms with Crippen molar-refractivity contribution >= 4 is 28.5 Å². The minimum atomic E-state index is -0.407. The predicted octanol–water partition coefficient (Wildman–Crippen LogP) is 5.57. The number of nitrogens with zero attached hydrogens (tertiary/aromatic N) is 9. The largest absolute Gasteiger partial charge is 0.462 e. The smallest absolute Gasteiger partial charge is 0.410 e. The van der Waals surface area contributed by atoms with Gasteiger partial charge in [-0.05, 0) is 69.8 Å². The molecule has 0 N–H and O–H groups in total. The Morgan fingerprint density at radius 2 is 1.88 bits per heavy atom. The van der Waals surface area contributed by atoms with Crippen LogP contribution in [0.15, 0.2) is 48.7 Å². The fourth-order valence-corrected chi connectivity index (χ4v) is 8.21. The number of aromatic nitrogens is 4. The molecule has 3 atom stereocenters. The molecule has 0 radical (unpaired) electrons. The fraction of sp³-hybridized carbons (Fsp3) is 0.513. The molecular formula is C39H47N9O4. The van der Waals surface area contributed by atoms with Crippen LogP contribution in [0.2, 0.25) is 0 Å². The Morgan fingerprint density at radius 1 is 1.00 bits per heavy atom. The topological polar surface area (TPSA) is 125 Å². The minimum absolute atomic E-state index is 0.0516. The van der Waals surface area contributed by atoms with E-state index >= 15 is 0 Å². The number of likely N-dealkylation sites (tertiary alicyclic amines) is 1. The lowest BCUT2D eigenvalue weighted by atomic mass is 10.1. The van der Waals surface area contributed by atoms with Gasteiger partial charge in [0.05, 0.1) is 48.2 Å². The first kappa shape index (κ1) is 34.2. The normalized spacial score (nSPS) is 22.1. The van der Waals surface area contributed by atoms with Gasteiger partial charge in [0, 0.05) is 49.8 Å². The molecule has 2 aromatic heterocycles. The van der Waals surface area contributed by atoms with Gasteiger partial charge in [-0.25, -0.2) is 9.48 Å². The highest BCUT2D eigenvalue weighted by Crippen LogP contribution is 2.40. The summed E-state index contributed by atoms with van der Waals surface area (Å²) in [5.74, 6) is 0.804. The van der Waals surface area contributed by atoms with Gasteiger partial charge < -0.3 is 33.8 Å². The van der Waals surface area contributed by atoms with Crippen LogP contribution in [0.25, 0.3) is 10.9 Å². The van der Waals surface area contributed by atoms with Gasteiger partial charge in [0.2, 0.25) is 0 Å². The number of likely N-dealkylation sites (N-methyl/N-ethyl adjacent to an activating group) is 1. The lowest BCUT2D eigenvalue weighted by Gasteiger charge is -2.41. The average Bonchev–Trinajstić information content (AvgIpc) is 3.91. The zero-order valence-electron chi connectivity index (χ0n) is 30.1. The van der Waals surface area contributed by atoms with Crippen molar-refractivity contribution < 1.29 is 19.0 Å². The van der Waals surface area contributed by atoms with Gasteiger partial charge in [-0.1, -0.05) is 36.4 Å². The Bertz CT molecular complexity index is 1940. The Hall–Kier alpha value is -4.93. The number of fused-ring (bicyclic) bond motifs is 2. The molecule has 6 heterocycles. The van der Waals surface area contributed by atoms with E-state index in [1.54, 1.807) is 4.90 Å². The number of piperazine rings is 1. The molecule has 13 nitrogen and oxygen atoms in total. The van der Waals surface area contributed by atoms with E-state index in [2.05, 4.69) is 46.9 Å². The Morgan fingerprint density at radius 3 is 2.67 bits per heavy atom. The van der Waals surface area contributed by atoms with Crippen molar-refractivity contribution in [2.75, 3.05) is 56.2 Å². The van der Waals surface area contributed by atoms with E-state index in [-0.39, 0.29) is 25.3 Å². The third kappa shape index (κ3) is 6.85. The van der Waals surface area contributed by atoms with Crippen molar-refractivity contribution in [3.8, 4) is 12.1 Å². The zero-order valence-corrected chi connectivity index (χ0v) is 30.1. The maximum Gasteiger partial charge on any atom is 0.410 e. The predicted molar refractivity (Wildman–Crippen MR) is 196 cm³/mol. The van der Waals surface area contributed by atoms with Crippen LogP contribution < -0.4 is 14.5 Å². The molecule has 0 saturated carbocycles. The van der Waals surface area contributed by atoms with Crippen molar-refractivity contribution in [3.63, 3.8) is 0 Å². The summed E-state index contributed by atoms with van der Waals surface area (Å²) in [4.78, 5) is 32.0. The molecule has 3 saturated heterocycles. The highest BCUT2D eigenvalue weighted by atomic mass is 16.6. The van der Waals surface area contributed by atoms with Crippen LogP contribution in [0, 0.1) is 18.3 Å². The summed E-state index contributed by atoms with van der Waals surface area (Å²) in [6.45, 7) is 7.29. The number of nitriles is 1. The Labute approximate surface area is 304 Å². The average molecular weight is 706 g/mol. The third-order valence-electron chi connectivity index (χ3n) is 11.1. The minimum Gasteiger partial charge on any atom is -0.462 e. The molecule has 8 rings (SSSR count). The number of aryl methyl sites for hydroxylation is 1. The second-order valence-electron chi connectivity index (χ2n) is 14.5. The van der Waals surface area contributed by atoms with Crippen LogP contribution in [0.1, 0.15) is 67.1 Å². The van der Waals surface area contributed by atoms with E-state index in [0.29, 0.717) is 51.4 Å². The van der Waals surface area contributed by atoms with E-state index in [1.165, 1.54) is 0 Å². The summed E-state index contributed by atoms with van der Waals surface area (Å²) < 4.78 is 20.2. The van der Waals surface area contributed by atoms with Crippen LogP contribution >= 0.6 is 0 Å². The number of hydrogen-bond acceptors (Lipinski definition) is 11. The van der Waals surface area contributed by atoms with Crippen LogP contribution in [0.3, 0.4) is 0 Å². The van der Waals surface area contributed by atoms with Crippen molar-refractivity contribution in [1.82, 2.24) is 29.5 Å². The monoisotopic (exact) mass is 705 g/mol. The lowest BCUT2D eigenvalue weighted by Crippen LogP contribution is -2.55. The van der Waals surface area contributed by atoms with Crippen molar-refractivity contribution in [2.45, 2.75) is 83.5 Å². The van der Waals surface area contributed by atoms with Gasteiger partial charge in [0.1, 0.15) is 19.0 Å². The number of carbonyl (C=O) groups is 1. The van der Waals surface area contributed by atoms with Gasteiger partial charge in [-0.2, -0.15) is 20.3 Å². The second-order valence-corrected chi connectivity index (χ2v) is 14.5. The molecule has 1 unspecified atom stereocenters. The first-order chi connectivity index (χ1) is 25.5. The molecule has 2 aromatic carbocycles. The highest BCUT2D eigenvalue weighted by Gasteiger charge is 2.36. The number of amides is 1. The summed E-state index contributed by atoms with van der Waals surface area (Å²) in [7, 11) is 2.14. The molecule has 0 spiro atoms. The van der Waals surface area contributed by atoms with E-state index < -0.39 is 6.09 Å². The van der Waals surface area contributed by atoms with Gasteiger partial charge >= 0.3 is 12.1 Å². The van der Waals surface area contributed by atoms with Crippen molar-refractivity contribution in [2.24, 2.45) is 0 Å². The molecule has 1 amide bonds. The molecule has 0 aliphatic carbocycles. The standard InChI is InChI=1S/C39H47N9O4/c1-27-13-14-34-31(21-41-48(34)35-12-6-7-20-50-35)36(27)46-23-32-33(24-46)42-38(51-26-30-11-8-17-44(30)2)43-37(32)45-18-19-47(29(22-45)15-16-40)39(49)52-25-28-9-4-3-5-10-28/h3-5,9-10,13-14,21,29-30,35H,6-8,11-12,15,17-20,22-26H2,1-2H3/t29-,30-,35?/m0/s1. The summed E-state index contributed by atoms with van der Waals surface area (Å²) in [6.07, 6.45) is 7.12. The zero-order chi connectivity index (χ0) is 35.6. The summed E-state index contributed by atoms with van der Waals surface area (Å²) in [5, 5.41) is 15.7. The molecule has 272 valence electrons. The number of anilines is 2. The fourth-order valence-electron chi connectivity index (χ4n) is 8.21. The molecule has 4 aliphatic rings. The SMILES string of the molecule is Cc1ccc2c(cnn2C2CCCCO2)c1N1Cc2nc(OC[C@@H]3CCCN3C)nc(N3CCN(C(=O)OCc4ccccc4)[C@@H](CC#N)C3)c2C1. The number of hydrogen-bond donors (Lipinski definition) is 0. The quantitative estimate of drug-likeness (QED) is 0.217. The number of ether oxygens (including phenoxy) is 3. The maximum atomic E-state index is 13.3. The second kappa shape index (κ2) is 15.0. The lowest BCUT2D eigenvalue weighted by molar-refractivity contribution is -0.0366. The third-order valence-corrected chi connectivity index (χ3v) is 11.1. The van der Waals surface area contributed by atoms with E-state index in [1.807, 2.05) is 41.2 Å². The Balaban J connectivity index is 1.07. The molecule has 4 aliphatic heterocycles. The molecule has 4 aromatic rings. The van der Waals surface area contributed by atoms with Crippen molar-refractivity contribution in [1.29, 1.82) is 5.26 Å².